The lowest BCUT2D eigenvalue weighted by molar-refractivity contribution is -0.136. The largest absolute Gasteiger partial charge is 0.453 e. The average molecular weight is 943 g/mol. The number of carbonyl (C=O) groups excluding carboxylic acids is 4. The molecule has 0 radical (unpaired) electrons. The van der Waals surface area contributed by atoms with Gasteiger partial charge < -0.3 is 39.9 Å². The number of imidazole rings is 2. The molecule has 282 valence electrons. The first-order chi connectivity index (χ1) is 24.6. The summed E-state index contributed by atoms with van der Waals surface area (Å²) in [6.07, 6.45) is 0.232. The van der Waals surface area contributed by atoms with Crippen LogP contribution in [0.2, 0.25) is 0 Å². The number of nitrogens with zero attached hydrogens (tertiary/aromatic N) is 4. The lowest BCUT2D eigenvalue weighted by Crippen LogP contribution is -2.51. The van der Waals surface area contributed by atoms with Crippen molar-refractivity contribution in [3.63, 3.8) is 0 Å². The molecular formula is C36H48I2N8O6. The van der Waals surface area contributed by atoms with E-state index in [1.54, 1.807) is 0 Å². The number of H-pyrrole nitrogens is 2. The van der Waals surface area contributed by atoms with Crippen molar-refractivity contribution >= 4 is 69.2 Å². The van der Waals surface area contributed by atoms with Crippen LogP contribution in [0.5, 0.6) is 0 Å². The van der Waals surface area contributed by atoms with Crippen molar-refractivity contribution in [1.29, 1.82) is 0 Å². The van der Waals surface area contributed by atoms with Gasteiger partial charge in [0.25, 0.3) is 0 Å². The van der Waals surface area contributed by atoms with E-state index in [0.717, 1.165) is 42.8 Å². The molecule has 52 heavy (non-hydrogen) atoms. The Kier molecular flexibility index (Phi) is 12.8. The Bertz CT molecular complexity index is 1650. The van der Waals surface area contributed by atoms with Crippen LogP contribution >= 0.6 is 45.2 Å². The molecule has 2 aromatic heterocycles. The van der Waals surface area contributed by atoms with E-state index in [9.17, 15) is 19.2 Å². The SMILES string of the molecule is COC(=O)N[C@H](C(=O)N1C[C@@H](C)C[C@H]1c1nc(I)c(-c2ccc(-c3[nH]c([C@@H]4C[C@H](C)CN4C(=O)[C@@H](NC(=O)OC)C(C)C)nc3I)cc2)[nH]1)C(C)C. The van der Waals surface area contributed by atoms with Crippen molar-refractivity contribution in [2.45, 2.75) is 78.6 Å². The fourth-order valence-electron chi connectivity index (χ4n) is 7.09. The van der Waals surface area contributed by atoms with E-state index in [1.165, 1.54) is 14.2 Å². The van der Waals surface area contributed by atoms with E-state index in [-0.39, 0.29) is 47.6 Å². The number of hydrogen-bond donors (Lipinski definition) is 4. The monoisotopic (exact) mass is 942 g/mol. The van der Waals surface area contributed by atoms with Gasteiger partial charge in [0.1, 0.15) is 31.1 Å². The third kappa shape index (κ3) is 8.52. The lowest BCUT2D eigenvalue weighted by Gasteiger charge is -2.30. The summed E-state index contributed by atoms with van der Waals surface area (Å²) in [5.74, 6) is 1.38. The van der Waals surface area contributed by atoms with E-state index in [1.807, 2.05) is 61.8 Å². The molecule has 4 N–H and O–H groups in total. The van der Waals surface area contributed by atoms with Crippen molar-refractivity contribution in [2.75, 3.05) is 27.3 Å². The molecule has 16 heteroatoms. The number of alkyl carbamates (subject to hydrolysis) is 2. The van der Waals surface area contributed by atoms with Crippen LogP contribution in [0.3, 0.4) is 0 Å². The highest BCUT2D eigenvalue weighted by Crippen LogP contribution is 2.39. The van der Waals surface area contributed by atoms with Gasteiger partial charge in [-0.25, -0.2) is 19.6 Å². The van der Waals surface area contributed by atoms with Crippen LogP contribution < -0.4 is 10.6 Å². The molecule has 1 aromatic carbocycles. The standard InChI is InChI=1S/C36H48I2N8O6/c1-17(2)25(41-35(49)51-7)33(47)45-15-19(5)13-23(45)31-39-27(29(37)43-31)21-9-11-22(12-10-21)28-30(38)44-32(40-28)24-14-20(6)16-46(24)34(48)26(18(3)4)42-36(50)52-8/h9-12,17-20,23-26H,13-16H2,1-8H3,(H,39,43)(H,40,44)(H,41,49)(H,42,50)/t19-,20-,23-,24-,25-,26-/m0/s1. The zero-order valence-corrected chi connectivity index (χ0v) is 35.1. The van der Waals surface area contributed by atoms with Crippen molar-refractivity contribution in [3.05, 3.63) is 43.3 Å². The van der Waals surface area contributed by atoms with Crippen molar-refractivity contribution < 1.29 is 28.7 Å². The second kappa shape index (κ2) is 16.7. The smallest absolute Gasteiger partial charge is 0.407 e. The molecular weight excluding hydrogens is 894 g/mol. The van der Waals surface area contributed by atoms with Crippen LogP contribution in [0.25, 0.3) is 22.5 Å². The Balaban J connectivity index is 1.36. The van der Waals surface area contributed by atoms with E-state index >= 15 is 0 Å². The predicted octanol–water partition coefficient (Wildman–Crippen LogP) is 6.26. The summed E-state index contributed by atoms with van der Waals surface area (Å²) in [4.78, 5) is 72.0. The zero-order valence-electron chi connectivity index (χ0n) is 30.8. The van der Waals surface area contributed by atoms with Gasteiger partial charge >= 0.3 is 12.2 Å². The summed E-state index contributed by atoms with van der Waals surface area (Å²) in [7, 11) is 2.57. The maximum atomic E-state index is 13.8. The van der Waals surface area contributed by atoms with Gasteiger partial charge in [-0.2, -0.15) is 0 Å². The maximum Gasteiger partial charge on any atom is 0.407 e. The molecule has 2 fully saturated rings. The second-order valence-electron chi connectivity index (χ2n) is 14.6. The molecule has 0 bridgehead atoms. The lowest BCUT2D eigenvalue weighted by atomic mass is 10.0. The number of halogens is 2. The average Bonchev–Trinajstić information content (AvgIpc) is 3.89. The number of benzene rings is 1. The molecule has 0 saturated carbocycles. The van der Waals surface area contributed by atoms with Crippen molar-refractivity contribution in [1.82, 2.24) is 40.4 Å². The second-order valence-corrected chi connectivity index (χ2v) is 16.6. The fraction of sp³-hybridized carbons (Fsp3) is 0.556. The Hall–Kier alpha value is -3.42. The topological polar surface area (TPSA) is 175 Å². The first kappa shape index (κ1) is 39.8. The normalized spacial score (nSPS) is 21.4. The quantitative estimate of drug-likeness (QED) is 0.173. The molecule has 2 saturated heterocycles. The van der Waals surface area contributed by atoms with Gasteiger partial charge in [-0.05, 0) is 81.7 Å². The predicted molar refractivity (Wildman–Crippen MR) is 212 cm³/mol. The minimum atomic E-state index is -0.715. The summed E-state index contributed by atoms with van der Waals surface area (Å²) < 4.78 is 11.1. The van der Waals surface area contributed by atoms with E-state index in [2.05, 4.69) is 79.6 Å². The van der Waals surface area contributed by atoms with Gasteiger partial charge in [0.2, 0.25) is 11.8 Å². The minimum absolute atomic E-state index is 0.126. The number of rotatable bonds is 10. The Morgan fingerprint density at radius 1 is 0.712 bits per heavy atom. The van der Waals surface area contributed by atoms with Gasteiger partial charge in [-0.1, -0.05) is 65.8 Å². The van der Waals surface area contributed by atoms with Crippen LogP contribution in [0.4, 0.5) is 9.59 Å². The van der Waals surface area contributed by atoms with Crippen molar-refractivity contribution in [2.24, 2.45) is 23.7 Å². The van der Waals surface area contributed by atoms with Gasteiger partial charge in [-0.15, -0.1) is 0 Å². The van der Waals surface area contributed by atoms with Crippen molar-refractivity contribution in [3.8, 4) is 22.5 Å². The van der Waals surface area contributed by atoms with E-state index in [0.29, 0.717) is 24.7 Å². The summed E-state index contributed by atoms with van der Waals surface area (Å²) in [5, 5.41) is 5.42. The Labute approximate surface area is 331 Å². The van der Waals surface area contributed by atoms with Gasteiger partial charge in [0.15, 0.2) is 0 Å². The maximum absolute atomic E-state index is 13.8. The molecule has 3 aromatic rings. The third-order valence-electron chi connectivity index (χ3n) is 9.82. The molecule has 2 aliphatic rings. The van der Waals surface area contributed by atoms with Crippen LogP contribution in [-0.4, -0.2) is 93.1 Å². The molecule has 4 heterocycles. The first-order valence-corrected chi connectivity index (χ1v) is 19.7. The number of likely N-dealkylation sites (tertiary alicyclic amines) is 2. The Morgan fingerprint density at radius 3 is 1.37 bits per heavy atom. The van der Waals surface area contributed by atoms with E-state index in [4.69, 9.17) is 19.4 Å². The molecule has 0 aliphatic carbocycles. The summed E-state index contributed by atoms with van der Waals surface area (Å²) >= 11 is 4.45. The highest BCUT2D eigenvalue weighted by Gasteiger charge is 2.42. The van der Waals surface area contributed by atoms with Crippen LogP contribution in [0, 0.1) is 31.1 Å². The molecule has 2 aliphatic heterocycles. The summed E-state index contributed by atoms with van der Waals surface area (Å²) in [6.45, 7) is 13.0. The van der Waals surface area contributed by atoms with Gasteiger partial charge in [-0.3, -0.25) is 9.59 Å². The van der Waals surface area contributed by atoms with Crippen LogP contribution in [0.15, 0.2) is 24.3 Å². The fourth-order valence-corrected chi connectivity index (χ4v) is 8.51. The number of aromatic nitrogens is 4. The number of carbonyl (C=O) groups is 4. The zero-order chi connectivity index (χ0) is 38.0. The van der Waals surface area contributed by atoms with Crippen LogP contribution in [-0.2, 0) is 19.1 Å². The van der Waals surface area contributed by atoms with Gasteiger partial charge in [0.05, 0.1) is 37.7 Å². The highest BCUT2D eigenvalue weighted by atomic mass is 127. The molecule has 4 amide bonds. The minimum Gasteiger partial charge on any atom is -0.453 e. The number of nitrogens with one attached hydrogen (secondary N) is 4. The molecule has 6 atom stereocenters. The number of aromatic amines is 2. The summed E-state index contributed by atoms with van der Waals surface area (Å²) in [6, 6.07) is 6.17. The summed E-state index contributed by atoms with van der Waals surface area (Å²) in [5.41, 5.74) is 3.60. The number of ether oxygens (including phenoxy) is 2. The number of hydrogen-bond acceptors (Lipinski definition) is 8. The number of methoxy groups -OCH3 is 2. The molecule has 0 spiro atoms. The third-order valence-corrected chi connectivity index (χ3v) is 11.4. The number of amides is 4. The molecule has 0 unspecified atom stereocenters. The Morgan fingerprint density at radius 2 is 1.06 bits per heavy atom. The molecule has 5 rings (SSSR count). The van der Waals surface area contributed by atoms with E-state index < -0.39 is 24.3 Å². The van der Waals surface area contributed by atoms with Crippen LogP contribution in [0.1, 0.15) is 78.1 Å². The van der Waals surface area contributed by atoms with Gasteiger partial charge in [0, 0.05) is 24.2 Å². The molecule has 14 nitrogen and oxygen atoms in total. The first-order valence-electron chi connectivity index (χ1n) is 17.5. The highest BCUT2D eigenvalue weighted by molar-refractivity contribution is 14.1.